The lowest BCUT2D eigenvalue weighted by molar-refractivity contribution is 0.575. The summed E-state index contributed by atoms with van der Waals surface area (Å²) in [6, 6.07) is 17.2. The summed E-state index contributed by atoms with van der Waals surface area (Å²) in [4.78, 5) is 0. The molecule has 0 aliphatic carbocycles. The van der Waals surface area contributed by atoms with Gasteiger partial charge in [0.1, 0.15) is 0 Å². The fourth-order valence-electron chi connectivity index (χ4n) is 2.75. The third-order valence-electron chi connectivity index (χ3n) is 3.70. The molecule has 0 radical (unpaired) electrons. The molecule has 3 nitrogen and oxygen atoms in total. The predicted octanol–water partition coefficient (Wildman–Crippen LogP) is 3.27. The Bertz CT molecular complexity index is 710. The van der Waals surface area contributed by atoms with E-state index in [-0.39, 0.29) is 6.04 Å². The van der Waals surface area contributed by atoms with Crippen LogP contribution in [0.25, 0.3) is 10.8 Å². The van der Waals surface area contributed by atoms with Gasteiger partial charge in [-0.25, -0.2) is 0 Å². The largest absolute Gasteiger partial charge is 0.305 e. The van der Waals surface area contributed by atoms with Gasteiger partial charge in [-0.1, -0.05) is 49.4 Å². The molecule has 0 amide bonds. The summed E-state index contributed by atoms with van der Waals surface area (Å²) >= 11 is 0. The molecule has 0 aliphatic heterocycles. The van der Waals surface area contributed by atoms with Crippen LogP contribution in [0.1, 0.15) is 24.2 Å². The van der Waals surface area contributed by atoms with Crippen LogP contribution < -0.4 is 5.32 Å². The summed E-state index contributed by atoms with van der Waals surface area (Å²) < 4.78 is 1.94. The average molecular weight is 265 g/mol. The summed E-state index contributed by atoms with van der Waals surface area (Å²) in [5.74, 6) is 0. The van der Waals surface area contributed by atoms with E-state index in [2.05, 4.69) is 65.9 Å². The Morgan fingerprint density at radius 2 is 1.90 bits per heavy atom. The maximum atomic E-state index is 4.30. The van der Waals surface area contributed by atoms with E-state index in [1.165, 1.54) is 22.0 Å². The molecule has 1 N–H and O–H groups in total. The minimum Gasteiger partial charge on any atom is -0.305 e. The molecule has 1 atom stereocenters. The Balaban J connectivity index is 2.17. The summed E-state index contributed by atoms with van der Waals surface area (Å²) in [5, 5.41) is 10.4. The number of aryl methyl sites for hydroxylation is 1. The first-order valence-corrected chi connectivity index (χ1v) is 7.00. The lowest BCUT2D eigenvalue weighted by Crippen LogP contribution is -2.24. The molecule has 1 unspecified atom stereocenters. The predicted molar refractivity (Wildman–Crippen MR) is 82.7 cm³/mol. The number of aromatic nitrogens is 2. The number of hydrogen-bond acceptors (Lipinski definition) is 2. The highest BCUT2D eigenvalue weighted by molar-refractivity contribution is 5.86. The van der Waals surface area contributed by atoms with Crippen LogP contribution in [-0.4, -0.2) is 16.3 Å². The number of nitrogens with zero attached hydrogens (tertiary/aromatic N) is 2. The van der Waals surface area contributed by atoms with Gasteiger partial charge in [0, 0.05) is 13.2 Å². The molecule has 0 saturated heterocycles. The lowest BCUT2D eigenvalue weighted by atomic mass is 9.96. The lowest BCUT2D eigenvalue weighted by Gasteiger charge is -2.20. The van der Waals surface area contributed by atoms with Crippen molar-refractivity contribution in [3.05, 3.63) is 66.0 Å². The summed E-state index contributed by atoms with van der Waals surface area (Å²) in [6.07, 6.45) is 1.85. The van der Waals surface area contributed by atoms with Crippen LogP contribution in [0, 0.1) is 0 Å². The third kappa shape index (κ3) is 2.21. The maximum absolute atomic E-state index is 4.30. The smallest absolute Gasteiger partial charge is 0.0754 e. The van der Waals surface area contributed by atoms with Crippen LogP contribution in [0.15, 0.2) is 54.7 Å². The Kier molecular flexibility index (Phi) is 3.52. The molecule has 102 valence electrons. The quantitative estimate of drug-likeness (QED) is 0.784. The first-order valence-electron chi connectivity index (χ1n) is 7.00. The second-order valence-electron chi connectivity index (χ2n) is 4.94. The van der Waals surface area contributed by atoms with E-state index in [4.69, 9.17) is 0 Å². The van der Waals surface area contributed by atoms with Gasteiger partial charge in [-0.05, 0) is 28.9 Å². The van der Waals surface area contributed by atoms with Gasteiger partial charge in [-0.3, -0.25) is 4.68 Å². The van der Waals surface area contributed by atoms with Crippen molar-refractivity contribution < 1.29 is 0 Å². The Morgan fingerprint density at radius 3 is 2.65 bits per heavy atom. The molecule has 3 rings (SSSR count). The minimum atomic E-state index is 0.165. The maximum Gasteiger partial charge on any atom is 0.0754 e. The number of fused-ring (bicyclic) bond motifs is 1. The SMILES string of the molecule is CCNC(c1cccc2ccccc12)c1ccnn1C. The molecule has 0 aliphatic rings. The van der Waals surface area contributed by atoms with Crippen molar-refractivity contribution in [1.29, 1.82) is 0 Å². The van der Waals surface area contributed by atoms with Gasteiger partial charge < -0.3 is 5.32 Å². The fraction of sp³-hybridized carbons (Fsp3) is 0.235. The summed E-state index contributed by atoms with van der Waals surface area (Å²) in [7, 11) is 1.99. The number of nitrogens with one attached hydrogen (secondary N) is 1. The van der Waals surface area contributed by atoms with Crippen molar-refractivity contribution in [1.82, 2.24) is 15.1 Å². The van der Waals surface area contributed by atoms with E-state index in [0.717, 1.165) is 6.54 Å². The Morgan fingerprint density at radius 1 is 1.10 bits per heavy atom. The highest BCUT2D eigenvalue weighted by Gasteiger charge is 2.18. The first kappa shape index (κ1) is 12.9. The zero-order chi connectivity index (χ0) is 13.9. The van der Waals surface area contributed by atoms with E-state index in [1.54, 1.807) is 0 Å². The molecular weight excluding hydrogens is 246 g/mol. The molecule has 0 bridgehead atoms. The van der Waals surface area contributed by atoms with Crippen molar-refractivity contribution >= 4 is 10.8 Å². The second-order valence-corrected chi connectivity index (χ2v) is 4.94. The molecule has 20 heavy (non-hydrogen) atoms. The van der Waals surface area contributed by atoms with E-state index in [0.29, 0.717) is 0 Å². The molecule has 3 aromatic rings. The molecule has 0 fully saturated rings. The normalized spacial score (nSPS) is 12.7. The Hall–Kier alpha value is -2.13. The third-order valence-corrected chi connectivity index (χ3v) is 3.70. The van der Waals surface area contributed by atoms with Gasteiger partial charge in [-0.2, -0.15) is 5.10 Å². The molecule has 0 spiro atoms. The van der Waals surface area contributed by atoms with E-state index >= 15 is 0 Å². The summed E-state index contributed by atoms with van der Waals surface area (Å²) in [5.41, 5.74) is 2.48. The average Bonchev–Trinajstić information content (AvgIpc) is 2.90. The van der Waals surface area contributed by atoms with Crippen LogP contribution in [0.4, 0.5) is 0 Å². The monoisotopic (exact) mass is 265 g/mol. The first-order chi connectivity index (χ1) is 9.81. The zero-order valence-electron chi connectivity index (χ0n) is 11.9. The number of benzene rings is 2. The molecule has 0 saturated carbocycles. The molecule has 1 heterocycles. The van der Waals surface area contributed by atoms with Crippen molar-refractivity contribution in [2.45, 2.75) is 13.0 Å². The van der Waals surface area contributed by atoms with Gasteiger partial charge in [0.15, 0.2) is 0 Å². The van der Waals surface area contributed by atoms with Gasteiger partial charge in [0.2, 0.25) is 0 Å². The van der Waals surface area contributed by atoms with E-state index in [1.807, 2.05) is 17.9 Å². The molecular formula is C17H19N3. The van der Waals surface area contributed by atoms with Crippen molar-refractivity contribution in [3.63, 3.8) is 0 Å². The van der Waals surface area contributed by atoms with Gasteiger partial charge in [0.05, 0.1) is 11.7 Å². The number of hydrogen-bond donors (Lipinski definition) is 1. The van der Waals surface area contributed by atoms with E-state index < -0.39 is 0 Å². The summed E-state index contributed by atoms with van der Waals surface area (Å²) in [6.45, 7) is 3.05. The highest BCUT2D eigenvalue weighted by Crippen LogP contribution is 2.28. The van der Waals surface area contributed by atoms with Crippen molar-refractivity contribution in [2.24, 2.45) is 7.05 Å². The van der Waals surface area contributed by atoms with Crippen LogP contribution in [-0.2, 0) is 7.05 Å². The van der Waals surface area contributed by atoms with Crippen molar-refractivity contribution in [2.75, 3.05) is 6.54 Å². The van der Waals surface area contributed by atoms with Gasteiger partial charge in [-0.15, -0.1) is 0 Å². The fourth-order valence-corrected chi connectivity index (χ4v) is 2.75. The zero-order valence-corrected chi connectivity index (χ0v) is 11.9. The Labute approximate surface area is 119 Å². The molecule has 2 aromatic carbocycles. The van der Waals surface area contributed by atoms with Crippen LogP contribution in [0.3, 0.4) is 0 Å². The second kappa shape index (κ2) is 5.47. The topological polar surface area (TPSA) is 29.9 Å². The molecule has 1 aromatic heterocycles. The van der Waals surface area contributed by atoms with Crippen LogP contribution >= 0.6 is 0 Å². The van der Waals surface area contributed by atoms with Crippen molar-refractivity contribution in [3.8, 4) is 0 Å². The molecule has 3 heteroatoms. The van der Waals surface area contributed by atoms with Crippen LogP contribution in [0.5, 0.6) is 0 Å². The van der Waals surface area contributed by atoms with E-state index in [9.17, 15) is 0 Å². The highest BCUT2D eigenvalue weighted by atomic mass is 15.3. The van der Waals surface area contributed by atoms with Crippen LogP contribution in [0.2, 0.25) is 0 Å². The number of rotatable bonds is 4. The standard InChI is InChI=1S/C17H19N3/c1-3-18-17(16-11-12-19-20(16)2)15-10-6-8-13-7-4-5-9-14(13)15/h4-12,17-18H,3H2,1-2H3. The van der Waals surface area contributed by atoms with Gasteiger partial charge in [0.25, 0.3) is 0 Å². The minimum absolute atomic E-state index is 0.165. The van der Waals surface area contributed by atoms with Gasteiger partial charge >= 0.3 is 0 Å².